The molecule has 2 heterocycles. The Kier molecular flexibility index (Phi) is 5.88. The second-order valence-corrected chi connectivity index (χ2v) is 8.88. The lowest BCUT2D eigenvalue weighted by atomic mass is 9.98. The Morgan fingerprint density at radius 3 is 2.28 bits per heavy atom. The van der Waals surface area contributed by atoms with Gasteiger partial charge in [0, 0.05) is 19.2 Å². The van der Waals surface area contributed by atoms with E-state index < -0.39 is 0 Å². The summed E-state index contributed by atoms with van der Waals surface area (Å²) in [6.45, 7) is 2.94. The van der Waals surface area contributed by atoms with Crippen LogP contribution in [0.4, 0.5) is 11.6 Å². The molecule has 0 saturated carbocycles. The van der Waals surface area contributed by atoms with Crippen LogP contribution in [0.3, 0.4) is 0 Å². The van der Waals surface area contributed by atoms with Gasteiger partial charge in [-0.3, -0.25) is 5.01 Å². The molecule has 1 atom stereocenters. The van der Waals surface area contributed by atoms with Gasteiger partial charge in [-0.05, 0) is 47.9 Å². The summed E-state index contributed by atoms with van der Waals surface area (Å²) in [7, 11) is 0. The molecule has 0 spiro atoms. The van der Waals surface area contributed by atoms with Crippen LogP contribution in [-0.4, -0.2) is 21.5 Å². The summed E-state index contributed by atoms with van der Waals surface area (Å²) in [5, 5.41) is 7.21. The number of hydrogen-bond acceptors (Lipinski definition) is 4. The lowest BCUT2D eigenvalue weighted by molar-refractivity contribution is 0.709. The van der Waals surface area contributed by atoms with E-state index in [4.69, 9.17) is 15.1 Å². The standard InChI is InChI=1S/C31H27N5/c1-2-35-29-16-10-9-15-27(29)33-31(35)32-22-23-17-19-26(20-18-23)36-30(25-13-7-4-8-14-25)21-28(34-36)24-11-5-3-6-12-24/h3-20,22,30H,2,21H2,1H3/t30-/m1/s1. The highest BCUT2D eigenvalue weighted by Crippen LogP contribution is 2.36. The lowest BCUT2D eigenvalue weighted by Gasteiger charge is -2.24. The fraction of sp³-hybridized carbons (Fsp3) is 0.129. The van der Waals surface area contributed by atoms with Crippen LogP contribution in [0.1, 0.15) is 36.1 Å². The van der Waals surface area contributed by atoms with Crippen LogP contribution >= 0.6 is 0 Å². The highest BCUT2D eigenvalue weighted by atomic mass is 15.5. The van der Waals surface area contributed by atoms with Crippen molar-refractivity contribution >= 4 is 34.6 Å². The number of imidazole rings is 1. The van der Waals surface area contributed by atoms with Crippen LogP contribution in [0, 0.1) is 0 Å². The lowest BCUT2D eigenvalue weighted by Crippen LogP contribution is -2.18. The molecular weight excluding hydrogens is 442 g/mol. The van der Waals surface area contributed by atoms with Gasteiger partial charge >= 0.3 is 0 Å². The minimum absolute atomic E-state index is 0.158. The maximum atomic E-state index is 5.06. The van der Waals surface area contributed by atoms with Crippen molar-refractivity contribution in [3.8, 4) is 0 Å². The van der Waals surface area contributed by atoms with Crippen LogP contribution < -0.4 is 5.01 Å². The Labute approximate surface area is 211 Å². The summed E-state index contributed by atoms with van der Waals surface area (Å²) in [5.74, 6) is 0.726. The Morgan fingerprint density at radius 1 is 0.833 bits per heavy atom. The Bertz CT molecular complexity index is 1530. The summed E-state index contributed by atoms with van der Waals surface area (Å²) in [6.07, 6.45) is 2.75. The third kappa shape index (κ3) is 4.20. The molecule has 4 aromatic carbocycles. The highest BCUT2D eigenvalue weighted by molar-refractivity contribution is 6.03. The molecule has 5 nitrogen and oxygen atoms in total. The van der Waals surface area contributed by atoms with Crippen molar-refractivity contribution in [2.75, 3.05) is 5.01 Å². The molecule has 1 aliphatic heterocycles. The second-order valence-electron chi connectivity index (χ2n) is 8.88. The second kappa shape index (κ2) is 9.62. The van der Waals surface area contributed by atoms with Crippen LogP contribution in [0.5, 0.6) is 0 Å². The summed E-state index contributed by atoms with van der Waals surface area (Å²) in [5.41, 5.74) is 7.70. The molecule has 5 heteroatoms. The normalized spacial score (nSPS) is 15.6. The van der Waals surface area contributed by atoms with Crippen molar-refractivity contribution in [1.29, 1.82) is 0 Å². The van der Waals surface area contributed by atoms with Gasteiger partial charge in [-0.2, -0.15) is 5.10 Å². The smallest absolute Gasteiger partial charge is 0.230 e. The molecule has 1 aliphatic rings. The van der Waals surface area contributed by atoms with Gasteiger partial charge in [0.05, 0.1) is 28.5 Å². The predicted octanol–water partition coefficient (Wildman–Crippen LogP) is 7.16. The zero-order valence-corrected chi connectivity index (χ0v) is 20.2. The van der Waals surface area contributed by atoms with Crippen molar-refractivity contribution in [2.45, 2.75) is 25.9 Å². The van der Waals surface area contributed by atoms with E-state index in [1.165, 1.54) is 11.1 Å². The van der Waals surface area contributed by atoms with Gasteiger partial charge in [-0.25, -0.2) is 9.98 Å². The van der Waals surface area contributed by atoms with Crippen molar-refractivity contribution in [3.63, 3.8) is 0 Å². The number of hydrazone groups is 1. The van der Waals surface area contributed by atoms with Crippen molar-refractivity contribution in [3.05, 3.63) is 126 Å². The molecule has 36 heavy (non-hydrogen) atoms. The van der Waals surface area contributed by atoms with Crippen molar-refractivity contribution < 1.29 is 0 Å². The van der Waals surface area contributed by atoms with E-state index in [0.29, 0.717) is 0 Å². The molecule has 0 N–H and O–H groups in total. The first-order chi connectivity index (χ1) is 17.8. The zero-order valence-electron chi connectivity index (χ0n) is 20.2. The topological polar surface area (TPSA) is 45.8 Å². The minimum atomic E-state index is 0.158. The minimum Gasteiger partial charge on any atom is -0.309 e. The van der Waals surface area contributed by atoms with E-state index >= 15 is 0 Å². The Balaban J connectivity index is 1.29. The molecule has 0 amide bonds. The van der Waals surface area contributed by atoms with Crippen molar-refractivity contribution in [1.82, 2.24) is 9.55 Å². The van der Waals surface area contributed by atoms with E-state index in [1.807, 2.05) is 30.5 Å². The fourth-order valence-electron chi connectivity index (χ4n) is 4.81. The van der Waals surface area contributed by atoms with Gasteiger partial charge < -0.3 is 4.57 Å². The Morgan fingerprint density at radius 2 is 1.53 bits per heavy atom. The third-order valence-electron chi connectivity index (χ3n) is 6.64. The number of para-hydroxylation sites is 2. The van der Waals surface area contributed by atoms with Gasteiger partial charge in [0.2, 0.25) is 5.95 Å². The largest absolute Gasteiger partial charge is 0.309 e. The van der Waals surface area contributed by atoms with Gasteiger partial charge in [0.1, 0.15) is 0 Å². The molecule has 0 bridgehead atoms. The van der Waals surface area contributed by atoms with E-state index in [0.717, 1.165) is 46.9 Å². The maximum absolute atomic E-state index is 5.06. The van der Waals surface area contributed by atoms with Gasteiger partial charge in [-0.15, -0.1) is 0 Å². The average Bonchev–Trinajstić information content (AvgIpc) is 3.55. The van der Waals surface area contributed by atoms with Crippen LogP contribution in [0.25, 0.3) is 11.0 Å². The van der Waals surface area contributed by atoms with E-state index in [1.54, 1.807) is 0 Å². The molecule has 1 aromatic heterocycles. The summed E-state index contributed by atoms with van der Waals surface area (Å²) in [6, 6.07) is 37.8. The van der Waals surface area contributed by atoms with E-state index in [9.17, 15) is 0 Å². The molecule has 0 unspecified atom stereocenters. The van der Waals surface area contributed by atoms with Crippen molar-refractivity contribution in [2.24, 2.45) is 10.1 Å². The first kappa shape index (κ1) is 22.0. The maximum Gasteiger partial charge on any atom is 0.230 e. The third-order valence-corrected chi connectivity index (χ3v) is 6.64. The summed E-state index contributed by atoms with van der Waals surface area (Å²) in [4.78, 5) is 9.41. The zero-order chi connectivity index (χ0) is 24.3. The number of aromatic nitrogens is 2. The van der Waals surface area contributed by atoms with E-state index in [-0.39, 0.29) is 6.04 Å². The molecule has 5 aromatic rings. The molecule has 0 aliphatic carbocycles. The molecule has 6 rings (SSSR count). The number of rotatable bonds is 6. The first-order valence-electron chi connectivity index (χ1n) is 12.4. The fourth-order valence-corrected chi connectivity index (χ4v) is 4.81. The molecule has 0 radical (unpaired) electrons. The van der Waals surface area contributed by atoms with Gasteiger partial charge in [-0.1, -0.05) is 84.9 Å². The number of aryl methyl sites for hydroxylation is 1. The Hall–Kier alpha value is -4.51. The monoisotopic (exact) mass is 469 g/mol. The molecule has 0 fully saturated rings. The SMILES string of the molecule is CCn1c(N=Cc2ccc(N3N=C(c4ccccc4)C[C@@H]3c3ccccc3)cc2)nc2ccccc21. The van der Waals surface area contributed by atoms with Crippen LogP contribution in [0.15, 0.2) is 119 Å². The first-order valence-corrected chi connectivity index (χ1v) is 12.4. The number of anilines is 1. The molecular formula is C31H27N5. The van der Waals surface area contributed by atoms with E-state index in [2.05, 4.69) is 101 Å². The summed E-state index contributed by atoms with van der Waals surface area (Å²) >= 11 is 0. The van der Waals surface area contributed by atoms with Gasteiger partial charge in [0.25, 0.3) is 0 Å². The number of nitrogens with zero attached hydrogens (tertiary/aromatic N) is 5. The number of benzene rings is 4. The van der Waals surface area contributed by atoms with Gasteiger partial charge in [0.15, 0.2) is 0 Å². The molecule has 0 saturated heterocycles. The van der Waals surface area contributed by atoms with Crippen LogP contribution in [-0.2, 0) is 6.54 Å². The quantitative estimate of drug-likeness (QED) is 0.248. The number of hydrogen-bond donors (Lipinski definition) is 0. The summed E-state index contributed by atoms with van der Waals surface area (Å²) < 4.78 is 2.13. The number of aliphatic imine (C=N–C) groups is 1. The van der Waals surface area contributed by atoms with Crippen LogP contribution in [0.2, 0.25) is 0 Å². The predicted molar refractivity (Wildman–Crippen MR) is 148 cm³/mol. The number of fused-ring (bicyclic) bond motifs is 1. The highest BCUT2D eigenvalue weighted by Gasteiger charge is 2.29. The average molecular weight is 470 g/mol. The molecule has 176 valence electrons.